The number of allylic oxidation sites excluding steroid dienone is 1. The third-order valence-corrected chi connectivity index (χ3v) is 6.27. The van der Waals surface area contributed by atoms with E-state index in [1.807, 2.05) is 12.1 Å². The lowest BCUT2D eigenvalue weighted by molar-refractivity contribution is -0.0696. The van der Waals surface area contributed by atoms with Crippen molar-refractivity contribution in [3.05, 3.63) is 94.8 Å². The molecular weight excluding hydrogens is 462 g/mol. The van der Waals surface area contributed by atoms with Gasteiger partial charge in [0.05, 0.1) is 11.1 Å². The summed E-state index contributed by atoms with van der Waals surface area (Å²) in [7, 11) is 0. The fraction of sp³-hybridized carbons (Fsp3) is 0.241. The van der Waals surface area contributed by atoms with E-state index in [9.17, 15) is 26.3 Å². The number of hydrogen-bond donors (Lipinski definition) is 0. The van der Waals surface area contributed by atoms with Gasteiger partial charge in [-0.05, 0) is 78.8 Å². The van der Waals surface area contributed by atoms with Crippen LogP contribution in [0.2, 0.25) is 0 Å². The van der Waals surface area contributed by atoms with Gasteiger partial charge in [-0.3, -0.25) is 0 Å². The highest BCUT2D eigenvalue weighted by Crippen LogP contribution is 2.36. The Labute approximate surface area is 199 Å². The van der Waals surface area contributed by atoms with Crippen molar-refractivity contribution < 1.29 is 26.3 Å². The second-order valence-electron chi connectivity index (χ2n) is 8.57. The van der Waals surface area contributed by atoms with Crippen molar-refractivity contribution in [2.24, 2.45) is 5.92 Å². The Kier molecular flexibility index (Phi) is 6.94. The average molecular weight is 482 g/mol. The molecule has 178 valence electrons. The zero-order valence-corrected chi connectivity index (χ0v) is 18.6. The van der Waals surface area contributed by atoms with Crippen LogP contribution in [0, 0.1) is 47.1 Å². The van der Waals surface area contributed by atoms with Crippen LogP contribution >= 0.6 is 0 Å². The van der Waals surface area contributed by atoms with Gasteiger partial charge in [0.15, 0.2) is 0 Å². The highest BCUT2D eigenvalue weighted by atomic mass is 19.4. The van der Waals surface area contributed by atoms with Gasteiger partial charge in [0, 0.05) is 16.9 Å². The van der Waals surface area contributed by atoms with Crippen LogP contribution in [0.5, 0.6) is 0 Å². The second kappa shape index (κ2) is 9.92. The van der Waals surface area contributed by atoms with Crippen molar-refractivity contribution in [2.75, 3.05) is 0 Å². The van der Waals surface area contributed by atoms with Gasteiger partial charge in [0.2, 0.25) is 0 Å². The molecule has 1 saturated carbocycles. The first-order valence-corrected chi connectivity index (χ1v) is 11.1. The summed E-state index contributed by atoms with van der Waals surface area (Å²) < 4.78 is 80.4. The molecule has 0 saturated heterocycles. The number of rotatable bonds is 2. The molecule has 3 aromatic rings. The Morgan fingerprint density at radius 1 is 0.829 bits per heavy atom. The van der Waals surface area contributed by atoms with E-state index >= 15 is 0 Å². The van der Waals surface area contributed by atoms with Gasteiger partial charge >= 0.3 is 6.18 Å². The molecule has 35 heavy (non-hydrogen) atoms. The smallest absolute Gasteiger partial charge is 0.206 e. The normalized spacial score (nSPS) is 17.8. The van der Waals surface area contributed by atoms with Crippen molar-refractivity contribution in [3.8, 4) is 23.7 Å². The topological polar surface area (TPSA) is 0 Å². The molecule has 0 radical (unpaired) electrons. The van der Waals surface area contributed by atoms with Crippen molar-refractivity contribution in [1.82, 2.24) is 0 Å². The van der Waals surface area contributed by atoms with E-state index < -0.39 is 29.2 Å². The standard InChI is InChI=1S/C29H20F6/c1-2-18-3-7-20(8-4-18)22-11-10-21(26(30)16-22)9-5-19-6-12-24-23(15-19)17-27(31)25(28(24)32)13-14-29(33,34)35/h2,6,10-12,15-18,20H,1,3-4,7-8H2. The van der Waals surface area contributed by atoms with Crippen LogP contribution in [-0.4, -0.2) is 6.18 Å². The molecule has 0 aromatic heterocycles. The van der Waals surface area contributed by atoms with E-state index in [1.54, 1.807) is 6.07 Å². The summed E-state index contributed by atoms with van der Waals surface area (Å²) in [4.78, 5) is 0. The minimum atomic E-state index is -4.87. The number of hydrogen-bond acceptors (Lipinski definition) is 0. The van der Waals surface area contributed by atoms with Gasteiger partial charge in [-0.2, -0.15) is 13.2 Å². The van der Waals surface area contributed by atoms with E-state index in [0.29, 0.717) is 17.4 Å². The molecular formula is C29H20F6. The van der Waals surface area contributed by atoms with Crippen LogP contribution in [0.1, 0.15) is 53.9 Å². The van der Waals surface area contributed by atoms with Crippen LogP contribution in [-0.2, 0) is 0 Å². The summed E-state index contributed by atoms with van der Waals surface area (Å²) in [5.41, 5.74) is 0.561. The maximum atomic E-state index is 14.7. The Morgan fingerprint density at radius 3 is 2.23 bits per heavy atom. The van der Waals surface area contributed by atoms with Crippen molar-refractivity contribution in [1.29, 1.82) is 0 Å². The monoisotopic (exact) mass is 482 g/mol. The summed E-state index contributed by atoms with van der Waals surface area (Å²) in [6, 6.07) is 10.0. The predicted octanol–water partition coefficient (Wildman–Crippen LogP) is 8.03. The minimum Gasteiger partial charge on any atom is -0.206 e. The van der Waals surface area contributed by atoms with Gasteiger partial charge in [0.25, 0.3) is 0 Å². The fourth-order valence-electron chi connectivity index (χ4n) is 4.37. The molecule has 0 bridgehead atoms. The molecule has 0 N–H and O–H groups in total. The lowest BCUT2D eigenvalue weighted by atomic mass is 9.78. The van der Waals surface area contributed by atoms with Gasteiger partial charge in [0.1, 0.15) is 17.5 Å². The van der Waals surface area contributed by atoms with Crippen molar-refractivity contribution in [3.63, 3.8) is 0 Å². The molecule has 4 rings (SSSR count). The first kappa shape index (κ1) is 24.5. The number of halogens is 6. The van der Waals surface area contributed by atoms with Gasteiger partial charge in [-0.25, -0.2) is 13.2 Å². The molecule has 0 unspecified atom stereocenters. The van der Waals surface area contributed by atoms with Crippen molar-refractivity contribution >= 4 is 10.8 Å². The van der Waals surface area contributed by atoms with Gasteiger partial charge in [-0.1, -0.05) is 36.0 Å². The Hall–Kier alpha value is -3.64. The van der Waals surface area contributed by atoms with Crippen LogP contribution < -0.4 is 0 Å². The molecule has 0 nitrogen and oxygen atoms in total. The van der Waals surface area contributed by atoms with Crippen LogP contribution in [0.4, 0.5) is 26.3 Å². The summed E-state index contributed by atoms with van der Waals surface area (Å²) in [6.07, 6.45) is 1.15. The Bertz CT molecular complexity index is 1400. The average Bonchev–Trinajstić information content (AvgIpc) is 2.82. The van der Waals surface area contributed by atoms with E-state index in [2.05, 4.69) is 18.4 Å². The SMILES string of the molecule is C=CC1CCC(c2ccc(C#Cc3ccc4c(F)c(C#CC(F)(F)F)c(F)cc4c3)c(F)c2)CC1. The lowest BCUT2D eigenvalue weighted by Gasteiger charge is -2.27. The van der Waals surface area contributed by atoms with Gasteiger partial charge < -0.3 is 0 Å². The highest BCUT2D eigenvalue weighted by molar-refractivity contribution is 5.86. The first-order valence-electron chi connectivity index (χ1n) is 11.1. The van der Waals surface area contributed by atoms with E-state index in [-0.39, 0.29) is 16.3 Å². The quantitative estimate of drug-likeness (QED) is 0.197. The molecule has 0 amide bonds. The maximum Gasteiger partial charge on any atom is 0.458 e. The second-order valence-corrected chi connectivity index (χ2v) is 8.57. The lowest BCUT2D eigenvalue weighted by Crippen LogP contribution is -2.11. The highest BCUT2D eigenvalue weighted by Gasteiger charge is 2.24. The summed E-state index contributed by atoms with van der Waals surface area (Å²) >= 11 is 0. The molecule has 0 aliphatic heterocycles. The molecule has 3 aromatic carbocycles. The number of benzene rings is 3. The Balaban J connectivity index is 1.58. The zero-order chi connectivity index (χ0) is 25.2. The molecule has 1 aliphatic carbocycles. The predicted molar refractivity (Wildman–Crippen MR) is 124 cm³/mol. The van der Waals surface area contributed by atoms with Crippen LogP contribution in [0.15, 0.2) is 55.1 Å². The Morgan fingerprint density at radius 2 is 1.57 bits per heavy atom. The molecule has 1 aliphatic rings. The van der Waals surface area contributed by atoms with Crippen molar-refractivity contribution in [2.45, 2.75) is 37.8 Å². The third-order valence-electron chi connectivity index (χ3n) is 6.27. The maximum absolute atomic E-state index is 14.7. The molecule has 0 heterocycles. The molecule has 6 heteroatoms. The molecule has 1 fully saturated rings. The van der Waals surface area contributed by atoms with Crippen LogP contribution in [0.3, 0.4) is 0 Å². The summed E-state index contributed by atoms with van der Waals surface area (Å²) in [5, 5.41) is 0.0143. The van der Waals surface area contributed by atoms with Gasteiger partial charge in [-0.15, -0.1) is 6.58 Å². The minimum absolute atomic E-state index is 0.0925. The summed E-state index contributed by atoms with van der Waals surface area (Å²) in [5.74, 6) is 5.91. The molecule has 0 spiro atoms. The zero-order valence-electron chi connectivity index (χ0n) is 18.6. The fourth-order valence-corrected chi connectivity index (χ4v) is 4.37. The summed E-state index contributed by atoms with van der Waals surface area (Å²) in [6.45, 7) is 3.84. The first-order chi connectivity index (χ1) is 16.6. The number of alkyl halides is 3. The van der Waals surface area contributed by atoms with Crippen LogP contribution in [0.25, 0.3) is 10.8 Å². The largest absolute Gasteiger partial charge is 0.458 e. The van der Waals surface area contributed by atoms with E-state index in [1.165, 1.54) is 30.2 Å². The van der Waals surface area contributed by atoms with E-state index in [4.69, 9.17) is 0 Å². The molecule has 0 atom stereocenters. The number of fused-ring (bicyclic) bond motifs is 1. The van der Waals surface area contributed by atoms with E-state index in [0.717, 1.165) is 43.2 Å². The third kappa shape index (κ3) is 5.72.